The Morgan fingerprint density at radius 3 is 2.25 bits per heavy atom. The lowest BCUT2D eigenvalue weighted by Crippen LogP contribution is -2.25. The van der Waals surface area contributed by atoms with Gasteiger partial charge in [-0.15, -0.1) is 0 Å². The van der Waals surface area contributed by atoms with Crippen molar-refractivity contribution < 1.29 is 4.79 Å². The summed E-state index contributed by atoms with van der Waals surface area (Å²) in [6.07, 6.45) is 9.93. The molecule has 0 amide bonds. The summed E-state index contributed by atoms with van der Waals surface area (Å²) in [6, 6.07) is 0. The lowest BCUT2D eigenvalue weighted by atomic mass is 9.78. The van der Waals surface area contributed by atoms with Crippen LogP contribution in [0.25, 0.3) is 0 Å². The lowest BCUT2D eigenvalue weighted by Gasteiger charge is -2.25. The molecule has 0 N–H and O–H groups in total. The summed E-state index contributed by atoms with van der Waals surface area (Å²) < 4.78 is 0. The van der Waals surface area contributed by atoms with Crippen molar-refractivity contribution >= 4 is 5.78 Å². The molecular formula is C11H18O. The Morgan fingerprint density at radius 1 is 0.917 bits per heavy atom. The Kier molecular flexibility index (Phi) is 2.48. The van der Waals surface area contributed by atoms with Gasteiger partial charge in [-0.2, -0.15) is 0 Å². The number of carbonyl (C=O) groups excluding carboxylic acids is 1. The van der Waals surface area contributed by atoms with E-state index in [4.69, 9.17) is 0 Å². The summed E-state index contributed by atoms with van der Waals surface area (Å²) in [5.41, 5.74) is 0. The summed E-state index contributed by atoms with van der Waals surface area (Å²) in [5, 5.41) is 0. The fourth-order valence-corrected chi connectivity index (χ4v) is 2.87. The maximum Gasteiger partial charge on any atom is 0.136 e. The molecule has 0 radical (unpaired) electrons. The van der Waals surface area contributed by atoms with Crippen LogP contribution in [0.3, 0.4) is 0 Å². The van der Waals surface area contributed by atoms with Gasteiger partial charge in [0, 0.05) is 12.3 Å². The molecule has 0 aromatic carbocycles. The van der Waals surface area contributed by atoms with Crippen molar-refractivity contribution in [2.75, 3.05) is 0 Å². The van der Waals surface area contributed by atoms with Gasteiger partial charge in [-0.25, -0.2) is 0 Å². The third-order valence-electron chi connectivity index (χ3n) is 3.57. The molecule has 2 fully saturated rings. The second kappa shape index (κ2) is 3.59. The molecule has 0 bridgehead atoms. The molecule has 2 aliphatic carbocycles. The highest BCUT2D eigenvalue weighted by molar-refractivity contribution is 5.81. The fourth-order valence-electron chi connectivity index (χ4n) is 2.87. The van der Waals surface area contributed by atoms with Crippen molar-refractivity contribution in [2.24, 2.45) is 11.8 Å². The number of hydrogen-bond donors (Lipinski definition) is 0. The van der Waals surface area contributed by atoms with E-state index in [0.717, 1.165) is 18.8 Å². The third kappa shape index (κ3) is 1.55. The molecule has 12 heavy (non-hydrogen) atoms. The minimum Gasteiger partial charge on any atom is -0.299 e. The van der Waals surface area contributed by atoms with Crippen molar-refractivity contribution in [1.82, 2.24) is 0 Å². The normalized spacial score (nSPS) is 32.7. The van der Waals surface area contributed by atoms with Gasteiger partial charge in [0.2, 0.25) is 0 Å². The minimum atomic E-state index is 0.473. The Morgan fingerprint density at radius 2 is 1.58 bits per heavy atom. The van der Waals surface area contributed by atoms with E-state index in [1.54, 1.807) is 0 Å². The van der Waals surface area contributed by atoms with Crippen LogP contribution in [0.5, 0.6) is 0 Å². The van der Waals surface area contributed by atoms with Crippen molar-refractivity contribution in [2.45, 2.75) is 51.4 Å². The zero-order valence-corrected chi connectivity index (χ0v) is 7.72. The SMILES string of the molecule is O=C1CCCCC1C1CCCC1. The van der Waals surface area contributed by atoms with Gasteiger partial charge in [0.1, 0.15) is 5.78 Å². The maximum atomic E-state index is 11.6. The quantitative estimate of drug-likeness (QED) is 0.585. The second-order valence-corrected chi connectivity index (χ2v) is 4.36. The van der Waals surface area contributed by atoms with Crippen LogP contribution in [-0.4, -0.2) is 5.78 Å². The Hall–Kier alpha value is -0.330. The van der Waals surface area contributed by atoms with E-state index in [1.807, 2.05) is 0 Å². The molecule has 0 aromatic rings. The second-order valence-electron chi connectivity index (χ2n) is 4.36. The van der Waals surface area contributed by atoms with E-state index < -0.39 is 0 Å². The number of Topliss-reactive ketones (excluding diaryl/α,β-unsaturated/α-hetero) is 1. The van der Waals surface area contributed by atoms with Crippen LogP contribution >= 0.6 is 0 Å². The highest BCUT2D eigenvalue weighted by atomic mass is 16.1. The largest absolute Gasteiger partial charge is 0.299 e. The van der Waals surface area contributed by atoms with Gasteiger partial charge in [-0.3, -0.25) is 4.79 Å². The molecule has 1 unspecified atom stereocenters. The van der Waals surface area contributed by atoms with Gasteiger partial charge in [0.15, 0.2) is 0 Å². The molecule has 0 heterocycles. The first kappa shape index (κ1) is 8.28. The molecule has 0 spiro atoms. The molecule has 2 saturated carbocycles. The number of carbonyl (C=O) groups is 1. The van der Waals surface area contributed by atoms with Crippen molar-refractivity contribution in [3.8, 4) is 0 Å². The van der Waals surface area contributed by atoms with E-state index in [1.165, 1.54) is 38.5 Å². The van der Waals surface area contributed by atoms with Gasteiger partial charge in [-0.05, 0) is 31.6 Å². The van der Waals surface area contributed by atoms with Crippen LogP contribution in [-0.2, 0) is 4.79 Å². The molecule has 0 aromatic heterocycles. The third-order valence-corrected chi connectivity index (χ3v) is 3.57. The van der Waals surface area contributed by atoms with Crippen LogP contribution in [0.4, 0.5) is 0 Å². The molecule has 1 heteroatoms. The van der Waals surface area contributed by atoms with E-state index in [9.17, 15) is 4.79 Å². The first-order valence-electron chi connectivity index (χ1n) is 5.40. The monoisotopic (exact) mass is 166 g/mol. The molecule has 1 nitrogen and oxygen atoms in total. The van der Waals surface area contributed by atoms with Crippen LogP contribution in [0, 0.1) is 11.8 Å². The standard InChI is InChI=1S/C11H18O/c12-11-8-4-3-7-10(11)9-5-1-2-6-9/h9-10H,1-8H2. The van der Waals surface area contributed by atoms with Crippen molar-refractivity contribution in [3.63, 3.8) is 0 Å². The Balaban J connectivity index is 1.95. The van der Waals surface area contributed by atoms with Crippen LogP contribution in [0.15, 0.2) is 0 Å². The summed E-state index contributed by atoms with van der Waals surface area (Å²) >= 11 is 0. The molecule has 0 saturated heterocycles. The molecular weight excluding hydrogens is 148 g/mol. The first-order chi connectivity index (χ1) is 5.88. The van der Waals surface area contributed by atoms with E-state index in [0.29, 0.717) is 11.7 Å². The molecule has 2 aliphatic rings. The minimum absolute atomic E-state index is 0.473. The zero-order chi connectivity index (χ0) is 8.39. The highest BCUT2D eigenvalue weighted by Crippen LogP contribution is 2.37. The van der Waals surface area contributed by atoms with Crippen molar-refractivity contribution in [3.05, 3.63) is 0 Å². The summed E-state index contributed by atoms with van der Waals surface area (Å²) in [4.78, 5) is 11.6. The van der Waals surface area contributed by atoms with E-state index in [2.05, 4.69) is 0 Å². The molecule has 1 atom stereocenters. The summed E-state index contributed by atoms with van der Waals surface area (Å²) in [5.74, 6) is 1.83. The van der Waals surface area contributed by atoms with Gasteiger partial charge in [-0.1, -0.05) is 19.3 Å². The number of ketones is 1. The summed E-state index contributed by atoms with van der Waals surface area (Å²) in [7, 11) is 0. The molecule has 68 valence electrons. The Bertz CT molecular complexity index is 168. The molecule has 0 aliphatic heterocycles. The maximum absolute atomic E-state index is 11.6. The van der Waals surface area contributed by atoms with Crippen molar-refractivity contribution in [1.29, 1.82) is 0 Å². The number of hydrogen-bond acceptors (Lipinski definition) is 1. The smallest absolute Gasteiger partial charge is 0.136 e. The van der Waals surface area contributed by atoms with Gasteiger partial charge < -0.3 is 0 Å². The fraction of sp³-hybridized carbons (Fsp3) is 0.909. The Labute approximate surface area is 74.5 Å². The average Bonchev–Trinajstić information content (AvgIpc) is 2.57. The van der Waals surface area contributed by atoms with Crippen LogP contribution < -0.4 is 0 Å². The highest BCUT2D eigenvalue weighted by Gasteiger charge is 2.31. The van der Waals surface area contributed by atoms with E-state index in [-0.39, 0.29) is 0 Å². The molecule has 2 rings (SSSR count). The van der Waals surface area contributed by atoms with Gasteiger partial charge in [0.05, 0.1) is 0 Å². The number of rotatable bonds is 1. The topological polar surface area (TPSA) is 17.1 Å². The predicted octanol–water partition coefficient (Wildman–Crippen LogP) is 2.94. The summed E-state index contributed by atoms with van der Waals surface area (Å²) in [6.45, 7) is 0. The van der Waals surface area contributed by atoms with Crippen LogP contribution in [0.2, 0.25) is 0 Å². The van der Waals surface area contributed by atoms with Gasteiger partial charge in [0.25, 0.3) is 0 Å². The average molecular weight is 166 g/mol. The van der Waals surface area contributed by atoms with Crippen LogP contribution in [0.1, 0.15) is 51.4 Å². The first-order valence-corrected chi connectivity index (χ1v) is 5.40. The van der Waals surface area contributed by atoms with E-state index >= 15 is 0 Å². The lowest BCUT2D eigenvalue weighted by molar-refractivity contribution is -0.126. The zero-order valence-electron chi connectivity index (χ0n) is 7.72. The predicted molar refractivity (Wildman–Crippen MR) is 48.9 cm³/mol. The van der Waals surface area contributed by atoms with Gasteiger partial charge >= 0.3 is 0 Å².